The van der Waals surface area contributed by atoms with Crippen molar-refractivity contribution in [2.75, 3.05) is 26.2 Å². The van der Waals surface area contributed by atoms with E-state index in [-0.39, 0.29) is 29.8 Å². The number of amides is 2. The average Bonchev–Trinajstić information content (AvgIpc) is 2.96. The van der Waals surface area contributed by atoms with Gasteiger partial charge in [0.1, 0.15) is 5.69 Å². The number of carbonyl (C=O) groups excluding carboxylic acids is 3. The highest BCUT2D eigenvalue weighted by molar-refractivity contribution is 7.11. The number of likely N-dealkylation sites (N-methyl/N-ethyl adjacent to an activating group) is 1. The second-order valence-electron chi connectivity index (χ2n) is 4.01. The van der Waals surface area contributed by atoms with Crippen molar-refractivity contribution in [3.63, 3.8) is 0 Å². The van der Waals surface area contributed by atoms with Crippen LogP contribution in [0.4, 0.5) is 0 Å². The minimum absolute atomic E-state index is 0.0905. The molecule has 0 aliphatic rings. The molecule has 8 heteroatoms. The van der Waals surface area contributed by atoms with Crippen molar-refractivity contribution < 1.29 is 19.1 Å². The summed E-state index contributed by atoms with van der Waals surface area (Å²) in [6.07, 6.45) is 0. The van der Waals surface area contributed by atoms with Crippen molar-refractivity contribution in [2.24, 2.45) is 0 Å². The number of hydrogen-bond donors (Lipinski definition) is 1. The van der Waals surface area contributed by atoms with E-state index in [1.165, 1.54) is 5.38 Å². The predicted molar refractivity (Wildman–Crippen MR) is 78.3 cm³/mol. The second kappa shape index (κ2) is 8.35. The number of nitrogens with zero attached hydrogens (tertiary/aromatic N) is 2. The molecule has 0 bridgehead atoms. The number of esters is 1. The zero-order valence-electron chi connectivity index (χ0n) is 12.3. The van der Waals surface area contributed by atoms with Crippen molar-refractivity contribution in [1.29, 1.82) is 0 Å². The molecule has 0 saturated carbocycles. The summed E-state index contributed by atoms with van der Waals surface area (Å²) in [6.45, 7) is 6.78. The molecular formula is C13H19N3O4S. The summed E-state index contributed by atoms with van der Waals surface area (Å²) in [5.74, 6) is -1.20. The zero-order chi connectivity index (χ0) is 15.8. The Morgan fingerprint density at radius 1 is 1.29 bits per heavy atom. The van der Waals surface area contributed by atoms with Gasteiger partial charge in [0.15, 0.2) is 0 Å². The fourth-order valence-electron chi connectivity index (χ4n) is 1.60. The zero-order valence-corrected chi connectivity index (χ0v) is 13.2. The largest absolute Gasteiger partial charge is 0.461 e. The van der Waals surface area contributed by atoms with Gasteiger partial charge in [0.05, 0.1) is 13.2 Å². The van der Waals surface area contributed by atoms with Crippen LogP contribution in [0, 0.1) is 0 Å². The smallest absolute Gasteiger partial charge is 0.367 e. The van der Waals surface area contributed by atoms with Crippen LogP contribution in [0.3, 0.4) is 0 Å². The molecule has 0 radical (unpaired) electrons. The Hall–Kier alpha value is -1.96. The number of aromatic nitrogens is 1. The fraction of sp³-hybridized carbons (Fsp3) is 0.538. The number of thiazole rings is 1. The van der Waals surface area contributed by atoms with E-state index < -0.39 is 11.9 Å². The van der Waals surface area contributed by atoms with Crippen LogP contribution in [0.25, 0.3) is 0 Å². The van der Waals surface area contributed by atoms with Gasteiger partial charge in [-0.25, -0.2) is 9.78 Å². The molecule has 0 aliphatic heterocycles. The lowest BCUT2D eigenvalue weighted by atomic mass is 10.4. The first kappa shape index (κ1) is 17.1. The topological polar surface area (TPSA) is 88.6 Å². The van der Waals surface area contributed by atoms with Crippen molar-refractivity contribution in [1.82, 2.24) is 15.2 Å². The van der Waals surface area contributed by atoms with Gasteiger partial charge < -0.3 is 15.0 Å². The minimum atomic E-state index is -0.555. The molecule has 0 spiro atoms. The van der Waals surface area contributed by atoms with Gasteiger partial charge in [-0.2, -0.15) is 0 Å². The monoisotopic (exact) mass is 313 g/mol. The van der Waals surface area contributed by atoms with Gasteiger partial charge in [0.25, 0.3) is 5.91 Å². The van der Waals surface area contributed by atoms with E-state index in [0.717, 1.165) is 11.3 Å². The SMILES string of the molecule is CCOC(=O)c1nc(C(=O)NCC(=O)N(CC)CC)cs1. The van der Waals surface area contributed by atoms with Gasteiger partial charge in [-0.1, -0.05) is 0 Å². The van der Waals surface area contributed by atoms with Crippen molar-refractivity contribution in [3.05, 3.63) is 16.1 Å². The molecule has 1 N–H and O–H groups in total. The third-order valence-electron chi connectivity index (χ3n) is 2.70. The van der Waals surface area contributed by atoms with Crippen molar-refractivity contribution >= 4 is 29.1 Å². The highest BCUT2D eigenvalue weighted by Crippen LogP contribution is 2.11. The molecule has 7 nitrogen and oxygen atoms in total. The molecule has 0 aliphatic carbocycles. The lowest BCUT2D eigenvalue weighted by Gasteiger charge is -2.18. The van der Waals surface area contributed by atoms with E-state index in [4.69, 9.17) is 4.74 Å². The molecule has 1 aromatic rings. The molecule has 0 atom stereocenters. The van der Waals surface area contributed by atoms with E-state index in [2.05, 4.69) is 10.3 Å². The maximum atomic E-state index is 11.9. The number of ether oxygens (including phenoxy) is 1. The van der Waals surface area contributed by atoms with Crippen LogP contribution in [-0.2, 0) is 9.53 Å². The van der Waals surface area contributed by atoms with Gasteiger partial charge in [-0.15, -0.1) is 11.3 Å². The average molecular weight is 313 g/mol. The van der Waals surface area contributed by atoms with Crippen LogP contribution < -0.4 is 5.32 Å². The summed E-state index contributed by atoms with van der Waals surface area (Å²) in [5.41, 5.74) is 0.107. The number of carbonyl (C=O) groups is 3. The van der Waals surface area contributed by atoms with E-state index in [0.29, 0.717) is 13.1 Å². The molecule has 2 amide bonds. The highest BCUT2D eigenvalue weighted by Gasteiger charge is 2.17. The quantitative estimate of drug-likeness (QED) is 0.756. The third kappa shape index (κ3) is 4.82. The normalized spacial score (nSPS) is 10.0. The van der Waals surface area contributed by atoms with Crippen LogP contribution in [0.15, 0.2) is 5.38 Å². The summed E-state index contributed by atoms with van der Waals surface area (Å²) in [4.78, 5) is 40.6. The lowest BCUT2D eigenvalue weighted by Crippen LogP contribution is -2.40. The van der Waals surface area contributed by atoms with Gasteiger partial charge in [0, 0.05) is 18.5 Å². The molecule has 1 aromatic heterocycles. The van der Waals surface area contributed by atoms with Gasteiger partial charge in [-0.05, 0) is 20.8 Å². The number of hydrogen-bond acceptors (Lipinski definition) is 6. The molecule has 0 unspecified atom stereocenters. The first-order valence-corrected chi connectivity index (χ1v) is 7.60. The molecule has 0 aromatic carbocycles. The van der Waals surface area contributed by atoms with Gasteiger partial charge in [0.2, 0.25) is 10.9 Å². The third-order valence-corrected chi connectivity index (χ3v) is 3.53. The van der Waals surface area contributed by atoms with Gasteiger partial charge >= 0.3 is 5.97 Å². The Balaban J connectivity index is 2.57. The Kier molecular flexibility index (Phi) is 6.80. The molecule has 116 valence electrons. The van der Waals surface area contributed by atoms with E-state index >= 15 is 0 Å². The lowest BCUT2D eigenvalue weighted by molar-refractivity contribution is -0.129. The second-order valence-corrected chi connectivity index (χ2v) is 4.87. The highest BCUT2D eigenvalue weighted by atomic mass is 32.1. The molecular weight excluding hydrogens is 294 g/mol. The van der Waals surface area contributed by atoms with Crippen LogP contribution >= 0.6 is 11.3 Å². The molecule has 1 rings (SSSR count). The van der Waals surface area contributed by atoms with E-state index in [1.54, 1.807) is 11.8 Å². The molecule has 0 saturated heterocycles. The van der Waals surface area contributed by atoms with Crippen LogP contribution in [-0.4, -0.2) is 53.9 Å². The molecule has 1 heterocycles. The Labute approximate surface area is 127 Å². The van der Waals surface area contributed by atoms with Crippen molar-refractivity contribution in [2.45, 2.75) is 20.8 Å². The Bertz CT molecular complexity index is 511. The summed E-state index contributed by atoms with van der Waals surface area (Å²) in [5, 5.41) is 4.08. The maximum absolute atomic E-state index is 11.9. The van der Waals surface area contributed by atoms with Crippen LogP contribution in [0.1, 0.15) is 41.1 Å². The fourth-order valence-corrected chi connectivity index (χ4v) is 2.29. The molecule has 21 heavy (non-hydrogen) atoms. The van der Waals surface area contributed by atoms with Crippen molar-refractivity contribution in [3.8, 4) is 0 Å². The summed E-state index contributed by atoms with van der Waals surface area (Å²) in [7, 11) is 0. The maximum Gasteiger partial charge on any atom is 0.367 e. The summed E-state index contributed by atoms with van der Waals surface area (Å²) >= 11 is 1.03. The number of nitrogens with one attached hydrogen (secondary N) is 1. The Morgan fingerprint density at radius 2 is 1.95 bits per heavy atom. The Morgan fingerprint density at radius 3 is 2.52 bits per heavy atom. The first-order chi connectivity index (χ1) is 10.0. The number of rotatable bonds is 7. The van der Waals surface area contributed by atoms with E-state index in [1.807, 2.05) is 13.8 Å². The summed E-state index contributed by atoms with van der Waals surface area (Å²) < 4.78 is 4.80. The van der Waals surface area contributed by atoms with Gasteiger partial charge in [-0.3, -0.25) is 9.59 Å². The predicted octanol–water partition coefficient (Wildman–Crippen LogP) is 0.918. The summed E-state index contributed by atoms with van der Waals surface area (Å²) in [6, 6.07) is 0. The minimum Gasteiger partial charge on any atom is -0.461 e. The molecule has 0 fully saturated rings. The first-order valence-electron chi connectivity index (χ1n) is 6.72. The van der Waals surface area contributed by atoms with Crippen LogP contribution in [0.5, 0.6) is 0 Å². The standard InChI is InChI=1S/C13H19N3O4S/c1-4-16(5-2)10(17)7-14-11(18)9-8-21-12(15-9)13(19)20-6-3/h8H,4-7H2,1-3H3,(H,14,18). The van der Waals surface area contributed by atoms with E-state index in [9.17, 15) is 14.4 Å². The van der Waals surface area contributed by atoms with Crippen LogP contribution in [0.2, 0.25) is 0 Å².